The minimum Gasteiger partial charge on any atom is -0.480 e. The molecule has 0 saturated heterocycles. The Kier molecular flexibility index (Phi) is 4.94. The van der Waals surface area contributed by atoms with Gasteiger partial charge in [0, 0.05) is 6.04 Å². The molecule has 1 saturated carbocycles. The zero-order valence-electron chi connectivity index (χ0n) is 12.3. The van der Waals surface area contributed by atoms with Crippen LogP contribution in [0, 0.1) is 5.82 Å². The van der Waals surface area contributed by atoms with E-state index in [0.717, 1.165) is 31.7 Å². The van der Waals surface area contributed by atoms with Crippen LogP contribution in [0.2, 0.25) is 0 Å². The van der Waals surface area contributed by atoms with Gasteiger partial charge in [0.25, 0.3) is 5.91 Å². The van der Waals surface area contributed by atoms with E-state index in [-0.39, 0.29) is 29.0 Å². The molecule has 1 aromatic rings. The largest absolute Gasteiger partial charge is 0.480 e. The highest BCUT2D eigenvalue weighted by molar-refractivity contribution is 5.97. The van der Waals surface area contributed by atoms with Crippen LogP contribution in [0.15, 0.2) is 18.2 Å². The number of rotatable bonds is 5. The van der Waals surface area contributed by atoms with E-state index < -0.39 is 11.9 Å². The molecular formula is C16H20FNO3. The maximum atomic E-state index is 13.2. The third kappa shape index (κ3) is 4.03. The monoisotopic (exact) mass is 293 g/mol. The number of ketones is 1. The molecule has 1 fully saturated rings. The first-order valence-electron chi connectivity index (χ1n) is 7.25. The molecule has 0 aliphatic heterocycles. The summed E-state index contributed by atoms with van der Waals surface area (Å²) in [6, 6.07) is 3.93. The van der Waals surface area contributed by atoms with Crippen LogP contribution < -0.4 is 10.1 Å². The van der Waals surface area contributed by atoms with Crippen molar-refractivity contribution in [1.82, 2.24) is 5.32 Å². The van der Waals surface area contributed by atoms with E-state index in [2.05, 4.69) is 5.32 Å². The van der Waals surface area contributed by atoms with E-state index in [4.69, 9.17) is 4.74 Å². The van der Waals surface area contributed by atoms with E-state index in [1.807, 2.05) is 0 Å². The summed E-state index contributed by atoms with van der Waals surface area (Å²) in [4.78, 5) is 23.6. The van der Waals surface area contributed by atoms with Crippen LogP contribution in [0.5, 0.6) is 5.75 Å². The second-order valence-corrected chi connectivity index (χ2v) is 5.45. The van der Waals surface area contributed by atoms with Crippen molar-refractivity contribution in [1.29, 1.82) is 0 Å². The van der Waals surface area contributed by atoms with Crippen molar-refractivity contribution in [3.63, 3.8) is 0 Å². The Morgan fingerprint density at radius 3 is 2.62 bits per heavy atom. The van der Waals surface area contributed by atoms with Crippen LogP contribution in [-0.4, -0.2) is 23.8 Å². The second-order valence-electron chi connectivity index (χ2n) is 5.45. The minimum absolute atomic E-state index is 0.149. The van der Waals surface area contributed by atoms with Gasteiger partial charge < -0.3 is 10.1 Å². The lowest BCUT2D eigenvalue weighted by molar-refractivity contribution is -0.128. The fourth-order valence-electron chi connectivity index (χ4n) is 2.51. The molecule has 0 radical (unpaired) electrons. The summed E-state index contributed by atoms with van der Waals surface area (Å²) in [5, 5.41) is 2.94. The first-order chi connectivity index (χ1) is 9.97. The standard InChI is InChI=1S/C16H20FNO3/c1-10(19)14-9-12(17)7-8-15(14)21-11(2)16(20)18-13-5-3-4-6-13/h7-9,11,13H,3-6H2,1-2H3,(H,18,20). The quantitative estimate of drug-likeness (QED) is 0.849. The van der Waals surface area contributed by atoms with Gasteiger partial charge in [0.15, 0.2) is 11.9 Å². The van der Waals surface area contributed by atoms with Crippen molar-refractivity contribution in [3.05, 3.63) is 29.6 Å². The number of nitrogens with one attached hydrogen (secondary N) is 1. The Hall–Kier alpha value is -1.91. The number of Topliss-reactive ketones (excluding diaryl/α,β-unsaturated/α-hetero) is 1. The highest BCUT2D eigenvalue weighted by Crippen LogP contribution is 2.22. The zero-order valence-corrected chi connectivity index (χ0v) is 12.3. The molecule has 21 heavy (non-hydrogen) atoms. The number of carbonyl (C=O) groups excluding carboxylic acids is 2. The Labute approximate surface area is 123 Å². The Morgan fingerprint density at radius 2 is 2.00 bits per heavy atom. The summed E-state index contributed by atoms with van der Waals surface area (Å²) in [5.74, 6) is -0.776. The van der Waals surface area contributed by atoms with Gasteiger partial charge in [-0.25, -0.2) is 4.39 Å². The van der Waals surface area contributed by atoms with Crippen molar-refractivity contribution >= 4 is 11.7 Å². The van der Waals surface area contributed by atoms with E-state index in [0.29, 0.717) is 0 Å². The third-order valence-electron chi connectivity index (χ3n) is 3.70. The second kappa shape index (κ2) is 6.70. The van der Waals surface area contributed by atoms with E-state index in [9.17, 15) is 14.0 Å². The highest BCUT2D eigenvalue weighted by atomic mass is 19.1. The Bertz CT molecular complexity index is 538. The first kappa shape index (κ1) is 15.5. The molecular weight excluding hydrogens is 273 g/mol. The molecule has 1 unspecified atom stereocenters. The molecule has 5 heteroatoms. The molecule has 0 bridgehead atoms. The van der Waals surface area contributed by atoms with Crippen LogP contribution in [-0.2, 0) is 4.79 Å². The lowest BCUT2D eigenvalue weighted by Gasteiger charge is -2.19. The first-order valence-corrected chi connectivity index (χ1v) is 7.25. The van der Waals surface area contributed by atoms with Gasteiger partial charge >= 0.3 is 0 Å². The predicted molar refractivity (Wildman–Crippen MR) is 76.9 cm³/mol. The van der Waals surface area contributed by atoms with Crippen LogP contribution in [0.25, 0.3) is 0 Å². The maximum absolute atomic E-state index is 13.2. The summed E-state index contributed by atoms with van der Waals surface area (Å²) >= 11 is 0. The maximum Gasteiger partial charge on any atom is 0.260 e. The van der Waals surface area contributed by atoms with Crippen LogP contribution in [0.4, 0.5) is 4.39 Å². The van der Waals surface area contributed by atoms with Crippen molar-refractivity contribution in [2.45, 2.75) is 51.7 Å². The van der Waals surface area contributed by atoms with Gasteiger partial charge in [-0.05, 0) is 44.9 Å². The summed E-state index contributed by atoms with van der Waals surface area (Å²) in [6.45, 7) is 2.96. The molecule has 1 amide bonds. The van der Waals surface area contributed by atoms with Crippen LogP contribution in [0.3, 0.4) is 0 Å². The Balaban J connectivity index is 2.03. The fraction of sp³-hybridized carbons (Fsp3) is 0.500. The summed E-state index contributed by atoms with van der Waals surface area (Å²) < 4.78 is 18.7. The lowest BCUT2D eigenvalue weighted by atomic mass is 10.1. The average Bonchev–Trinajstić information content (AvgIpc) is 2.93. The number of hydrogen-bond acceptors (Lipinski definition) is 3. The van der Waals surface area contributed by atoms with Crippen molar-refractivity contribution in [2.75, 3.05) is 0 Å². The van der Waals surface area contributed by atoms with Gasteiger partial charge in [-0.2, -0.15) is 0 Å². The molecule has 0 spiro atoms. The topological polar surface area (TPSA) is 55.4 Å². The number of carbonyl (C=O) groups is 2. The normalized spacial score (nSPS) is 16.5. The third-order valence-corrected chi connectivity index (χ3v) is 3.70. The predicted octanol–water partition coefficient (Wildman–Crippen LogP) is 2.85. The molecule has 114 valence electrons. The number of ether oxygens (including phenoxy) is 1. The summed E-state index contributed by atoms with van der Waals surface area (Å²) in [7, 11) is 0. The minimum atomic E-state index is -0.728. The van der Waals surface area contributed by atoms with Crippen LogP contribution in [0.1, 0.15) is 49.9 Å². The molecule has 1 aliphatic carbocycles. The van der Waals surface area contributed by atoms with E-state index in [1.165, 1.54) is 19.1 Å². The Morgan fingerprint density at radius 1 is 1.33 bits per heavy atom. The average molecular weight is 293 g/mol. The molecule has 4 nitrogen and oxygen atoms in total. The van der Waals surface area contributed by atoms with Gasteiger partial charge in [0.05, 0.1) is 5.56 Å². The highest BCUT2D eigenvalue weighted by Gasteiger charge is 2.22. The van der Waals surface area contributed by atoms with Crippen molar-refractivity contribution in [3.8, 4) is 5.75 Å². The summed E-state index contributed by atoms with van der Waals surface area (Å²) in [5.41, 5.74) is 0.149. The SMILES string of the molecule is CC(=O)c1cc(F)ccc1OC(C)C(=O)NC1CCCC1. The van der Waals surface area contributed by atoms with Crippen molar-refractivity contribution < 1.29 is 18.7 Å². The van der Waals surface area contributed by atoms with Gasteiger partial charge in [0.1, 0.15) is 11.6 Å². The van der Waals surface area contributed by atoms with Gasteiger partial charge in [-0.15, -0.1) is 0 Å². The molecule has 1 N–H and O–H groups in total. The van der Waals surface area contributed by atoms with Gasteiger partial charge in [0.2, 0.25) is 0 Å². The lowest BCUT2D eigenvalue weighted by Crippen LogP contribution is -2.41. The zero-order chi connectivity index (χ0) is 15.4. The molecule has 1 aliphatic rings. The van der Waals surface area contributed by atoms with Crippen molar-refractivity contribution in [2.24, 2.45) is 0 Å². The smallest absolute Gasteiger partial charge is 0.260 e. The van der Waals surface area contributed by atoms with Gasteiger partial charge in [-0.1, -0.05) is 12.8 Å². The summed E-state index contributed by atoms with van der Waals surface area (Å²) in [6.07, 6.45) is 3.52. The molecule has 0 heterocycles. The molecule has 0 aromatic heterocycles. The van der Waals surface area contributed by atoms with E-state index >= 15 is 0 Å². The van der Waals surface area contributed by atoms with Crippen LogP contribution >= 0.6 is 0 Å². The number of benzene rings is 1. The fourth-order valence-corrected chi connectivity index (χ4v) is 2.51. The number of hydrogen-bond donors (Lipinski definition) is 1. The van der Waals surface area contributed by atoms with Gasteiger partial charge in [-0.3, -0.25) is 9.59 Å². The number of halogens is 1. The molecule has 1 aromatic carbocycles. The number of amides is 1. The molecule has 1 atom stereocenters. The molecule has 2 rings (SSSR count). The van der Waals surface area contributed by atoms with E-state index in [1.54, 1.807) is 6.92 Å².